The molecule has 0 aliphatic heterocycles. The molecule has 2 unspecified atom stereocenters. The molecule has 1 aromatic carbocycles. The zero-order chi connectivity index (χ0) is 18.8. The summed E-state index contributed by atoms with van der Waals surface area (Å²) in [6, 6.07) is 4.22. The number of fused-ring (bicyclic) bond motifs is 1. The van der Waals surface area contributed by atoms with Gasteiger partial charge in [0.2, 0.25) is 5.91 Å². The van der Waals surface area contributed by atoms with Gasteiger partial charge in [0.25, 0.3) is 0 Å². The fraction of sp³-hybridized carbons (Fsp3) is 0.471. The maximum absolute atomic E-state index is 12.2. The summed E-state index contributed by atoms with van der Waals surface area (Å²) in [5.74, 6) is 0.822. The lowest BCUT2D eigenvalue weighted by Gasteiger charge is -2.16. The number of hydrogen-bond acceptors (Lipinski definition) is 6. The molecule has 3 N–H and O–H groups in total. The molecule has 2 atom stereocenters. The average molecular weight is 405 g/mol. The zero-order valence-electron chi connectivity index (χ0n) is 15.2. The van der Waals surface area contributed by atoms with E-state index in [0.29, 0.717) is 11.3 Å². The molecule has 26 heavy (non-hydrogen) atoms. The molecule has 2 aromatic rings. The summed E-state index contributed by atoms with van der Waals surface area (Å²) < 4.78 is 33.4. The van der Waals surface area contributed by atoms with Crippen LogP contribution in [0.3, 0.4) is 0 Å². The van der Waals surface area contributed by atoms with Crippen LogP contribution in [0.15, 0.2) is 22.6 Å². The minimum atomic E-state index is -3.15. The van der Waals surface area contributed by atoms with E-state index in [2.05, 4.69) is 5.32 Å². The molecule has 0 aliphatic carbocycles. The van der Waals surface area contributed by atoms with Crippen LogP contribution in [0.25, 0.3) is 11.0 Å². The number of amides is 1. The number of nitrogens with two attached hydrogens (primary N) is 1. The van der Waals surface area contributed by atoms with Gasteiger partial charge in [-0.3, -0.25) is 4.79 Å². The third kappa shape index (κ3) is 5.36. The van der Waals surface area contributed by atoms with Crippen molar-refractivity contribution in [1.29, 1.82) is 0 Å². The first-order valence-electron chi connectivity index (χ1n) is 7.93. The first-order valence-corrected chi connectivity index (χ1v) is 9.99. The number of carbonyl (C=O) groups is 1. The van der Waals surface area contributed by atoms with E-state index < -0.39 is 27.8 Å². The highest BCUT2D eigenvalue weighted by atomic mass is 35.5. The predicted octanol–water partition coefficient (Wildman–Crippen LogP) is 2.11. The first kappa shape index (κ1) is 22.3. The number of methoxy groups -OCH3 is 1. The summed E-state index contributed by atoms with van der Waals surface area (Å²) in [6.45, 7) is 3.70. The number of ether oxygens (including phenoxy) is 1. The lowest BCUT2D eigenvalue weighted by molar-refractivity contribution is -0.123. The van der Waals surface area contributed by atoms with Crippen molar-refractivity contribution in [1.82, 2.24) is 5.32 Å². The van der Waals surface area contributed by atoms with Crippen LogP contribution < -0.4 is 15.8 Å². The molecule has 2 rings (SSSR count). The molecule has 0 radical (unpaired) electrons. The summed E-state index contributed by atoms with van der Waals surface area (Å²) in [7, 11) is -1.56. The third-order valence-electron chi connectivity index (χ3n) is 4.07. The van der Waals surface area contributed by atoms with Gasteiger partial charge in [0.15, 0.2) is 0 Å². The summed E-state index contributed by atoms with van der Waals surface area (Å²) in [6.07, 6.45) is 1.19. The Balaban J connectivity index is 0.00000338. The molecule has 146 valence electrons. The Labute approximate surface area is 159 Å². The minimum absolute atomic E-state index is 0. The van der Waals surface area contributed by atoms with Crippen molar-refractivity contribution in [2.24, 2.45) is 5.73 Å². The fourth-order valence-corrected chi connectivity index (χ4v) is 3.30. The molecule has 0 bridgehead atoms. The smallest absolute Gasteiger partial charge is 0.237 e. The Bertz CT molecular complexity index is 879. The maximum Gasteiger partial charge on any atom is 0.237 e. The number of rotatable bonds is 7. The number of hydrogen-bond donors (Lipinski definition) is 2. The average Bonchev–Trinajstić information content (AvgIpc) is 2.88. The minimum Gasteiger partial charge on any atom is -0.497 e. The lowest BCUT2D eigenvalue weighted by Crippen LogP contribution is -2.42. The van der Waals surface area contributed by atoms with Crippen molar-refractivity contribution < 1.29 is 22.4 Å². The van der Waals surface area contributed by atoms with Crippen LogP contribution in [-0.4, -0.2) is 39.5 Å². The number of sulfone groups is 1. The molecule has 1 heterocycles. The normalized spacial score (nSPS) is 13.7. The van der Waals surface area contributed by atoms with E-state index in [0.717, 1.165) is 23.0 Å². The fourth-order valence-electron chi connectivity index (χ4n) is 2.62. The van der Waals surface area contributed by atoms with E-state index in [-0.39, 0.29) is 24.6 Å². The van der Waals surface area contributed by atoms with Gasteiger partial charge in [-0.25, -0.2) is 8.42 Å². The van der Waals surface area contributed by atoms with Gasteiger partial charge in [0.05, 0.1) is 24.9 Å². The Morgan fingerprint density at radius 1 is 1.38 bits per heavy atom. The molecule has 0 saturated carbocycles. The number of carbonyl (C=O) groups excluding carboxylic acids is 1. The second-order valence-electron chi connectivity index (χ2n) is 6.21. The van der Waals surface area contributed by atoms with E-state index in [1.165, 1.54) is 0 Å². The molecule has 9 heteroatoms. The van der Waals surface area contributed by atoms with Gasteiger partial charge < -0.3 is 20.2 Å². The van der Waals surface area contributed by atoms with E-state index in [4.69, 9.17) is 14.9 Å². The first-order chi connectivity index (χ1) is 11.6. The third-order valence-corrected chi connectivity index (χ3v) is 5.05. The van der Waals surface area contributed by atoms with Crippen molar-refractivity contribution in [3.8, 4) is 5.75 Å². The number of nitrogens with one attached hydrogen (secondary N) is 1. The van der Waals surface area contributed by atoms with Crippen LogP contribution in [0, 0.1) is 6.92 Å². The van der Waals surface area contributed by atoms with Crippen molar-refractivity contribution in [2.75, 3.05) is 19.1 Å². The van der Waals surface area contributed by atoms with Crippen LogP contribution in [0.5, 0.6) is 5.75 Å². The Kier molecular flexibility index (Phi) is 7.49. The molecule has 1 aromatic heterocycles. The monoisotopic (exact) mass is 404 g/mol. The second kappa shape index (κ2) is 8.75. The van der Waals surface area contributed by atoms with Crippen LogP contribution in [0.4, 0.5) is 0 Å². The molecule has 1 amide bonds. The van der Waals surface area contributed by atoms with Crippen molar-refractivity contribution >= 4 is 39.1 Å². The molecule has 0 saturated heterocycles. The van der Waals surface area contributed by atoms with E-state index >= 15 is 0 Å². The van der Waals surface area contributed by atoms with E-state index in [9.17, 15) is 13.2 Å². The quantitative estimate of drug-likeness (QED) is 0.730. The van der Waals surface area contributed by atoms with Crippen molar-refractivity contribution in [2.45, 2.75) is 32.4 Å². The number of furan rings is 1. The maximum atomic E-state index is 12.2. The Morgan fingerprint density at radius 3 is 2.62 bits per heavy atom. The van der Waals surface area contributed by atoms with Gasteiger partial charge in [0.1, 0.15) is 26.9 Å². The van der Waals surface area contributed by atoms with Crippen LogP contribution in [-0.2, 0) is 14.6 Å². The van der Waals surface area contributed by atoms with E-state index in [1.54, 1.807) is 20.1 Å². The standard InChI is InChI=1S/C17H24N2O5S.ClH/c1-10-13-9-12(23-3)5-6-15(13)24-16(10)11(2)19-17(20)14(18)7-8-25(4,21)22;/h5-6,9,11,14H,7-8,18H2,1-4H3,(H,19,20);1H. The second-order valence-corrected chi connectivity index (χ2v) is 8.47. The zero-order valence-corrected chi connectivity index (χ0v) is 16.9. The highest BCUT2D eigenvalue weighted by Gasteiger charge is 2.22. The Hall–Kier alpha value is -1.77. The Morgan fingerprint density at radius 2 is 2.04 bits per heavy atom. The largest absolute Gasteiger partial charge is 0.497 e. The van der Waals surface area contributed by atoms with Gasteiger partial charge >= 0.3 is 0 Å². The van der Waals surface area contributed by atoms with Gasteiger partial charge in [0, 0.05) is 17.2 Å². The van der Waals surface area contributed by atoms with Gasteiger partial charge in [-0.1, -0.05) is 0 Å². The van der Waals surface area contributed by atoms with Crippen LogP contribution in [0.1, 0.15) is 30.7 Å². The molecule has 0 spiro atoms. The lowest BCUT2D eigenvalue weighted by atomic mass is 10.1. The molecule has 7 nitrogen and oxygen atoms in total. The summed E-state index contributed by atoms with van der Waals surface area (Å²) in [4.78, 5) is 12.2. The predicted molar refractivity (Wildman–Crippen MR) is 104 cm³/mol. The number of halogens is 1. The highest BCUT2D eigenvalue weighted by molar-refractivity contribution is 7.90. The number of aryl methyl sites for hydroxylation is 1. The molecular formula is C17H25ClN2O5S. The van der Waals surface area contributed by atoms with Crippen molar-refractivity contribution in [3.05, 3.63) is 29.5 Å². The van der Waals surface area contributed by atoms with Gasteiger partial charge in [-0.15, -0.1) is 12.4 Å². The summed E-state index contributed by atoms with van der Waals surface area (Å²) >= 11 is 0. The van der Waals surface area contributed by atoms with Crippen LogP contribution in [0.2, 0.25) is 0 Å². The van der Waals surface area contributed by atoms with E-state index in [1.807, 2.05) is 19.1 Å². The summed E-state index contributed by atoms with van der Waals surface area (Å²) in [5, 5.41) is 3.69. The van der Waals surface area contributed by atoms with Gasteiger partial charge in [-0.2, -0.15) is 0 Å². The molecule has 0 aliphatic rings. The summed E-state index contributed by atoms with van der Waals surface area (Å²) in [5.41, 5.74) is 7.39. The topological polar surface area (TPSA) is 112 Å². The van der Waals surface area contributed by atoms with Gasteiger partial charge in [-0.05, 0) is 38.5 Å². The SMILES string of the molecule is COc1ccc2oc(C(C)NC(=O)C(N)CCS(C)(=O)=O)c(C)c2c1.Cl. The number of benzene rings is 1. The van der Waals surface area contributed by atoms with Crippen LogP contribution >= 0.6 is 12.4 Å². The van der Waals surface area contributed by atoms with Crippen molar-refractivity contribution in [3.63, 3.8) is 0 Å². The highest BCUT2D eigenvalue weighted by Crippen LogP contribution is 2.31. The molecular weight excluding hydrogens is 380 g/mol. The molecule has 0 fully saturated rings.